The summed E-state index contributed by atoms with van der Waals surface area (Å²) in [6, 6.07) is 31.2. The molecule has 7 aliphatic rings. The number of ether oxygens (including phenoxy) is 7. The number of aromatic hydroxyl groups is 1. The second-order valence-corrected chi connectivity index (χ2v) is 35.9. The molecule has 0 bridgehead atoms. The molecule has 6 saturated carbocycles. The number of phenolic OH excluding ortho intramolecular Hbond substituents is 1. The first-order chi connectivity index (χ1) is 59.9. The van der Waals surface area contributed by atoms with E-state index in [2.05, 4.69) is 20.4 Å². The van der Waals surface area contributed by atoms with Crippen molar-refractivity contribution in [1.29, 1.82) is 0 Å². The Labute approximate surface area is 735 Å². The van der Waals surface area contributed by atoms with Gasteiger partial charge in [0.15, 0.2) is 0 Å². The van der Waals surface area contributed by atoms with Crippen molar-refractivity contribution in [2.75, 3.05) is 28.2 Å². The standard InChI is InChI=1S/C28H39N3O5.C25H33N3O5.C24H34BN3O4.C18H23N3O3/c1-19(2)35-27(32)21-8-7-11-25(16-21)36-24-14-12-23(13-15-24)31-26(20(3)17-29-31)18-34-28(33)30(4)22-9-5-6-10-22;1-17-15-26-28(23(17)16-32-25(31)27(2)19-7-3-4-8-19)20-10-12-21(13-11-20)33-22-9-5-6-18(14-22)24(29)30;1-17-15-26-28(21(17)16-30-22(29)27(6)19-9-7-8-10-19)20-13-11-18(12-14-20)25-31-23(2,3)24(4,5)32-25;1-13-11-19-21(15-7-9-16(22)10-8-15)17(13)12-24-18(23)20(2)14-5-3-4-6-14/h12-15,17,19,21-22,25H,5-11,16,18H2,1-4H3;10-13,15,18-19,22H,3-9,14,16H2,1-2H3,(H,29,30);11-15,19H,7-10,16H2,1-6H3;7-11,14,22H,3-6,12H2,1-2H3/t21-,25-;18-,22-;;/m00../s1. The van der Waals surface area contributed by atoms with Gasteiger partial charge in [-0.3, -0.25) is 9.59 Å². The third-order valence-electron chi connectivity index (χ3n) is 26.1. The van der Waals surface area contributed by atoms with Crippen molar-refractivity contribution in [2.24, 2.45) is 11.8 Å². The highest BCUT2D eigenvalue weighted by atomic mass is 16.7. The molecule has 30 heteroatoms. The SMILES string of the molecule is Cc1cnn(-c2ccc(B3OC(C)(C)C(C)(C)O3)cc2)c1COC(=O)N(C)C1CCCC1.Cc1cnn(-c2ccc(O)cc2)c1COC(=O)N(C)C1CCCC1.Cc1cnn(-c2ccc(O[C@H]3CCC[C@H](C(=O)O)C3)cc2)c1COC(=O)N(C)C1CCCC1.Cc1cnn(-c2ccc(O[C@H]3CCC[C@H](C(=O)OC(C)C)C3)cc2)c1COC(=O)N(C)C1CCCC1. The lowest BCUT2D eigenvalue weighted by Crippen LogP contribution is -2.41. The van der Waals surface area contributed by atoms with Crippen molar-refractivity contribution in [2.45, 2.75) is 303 Å². The number of carbonyl (C=O) groups excluding carboxylic acids is 5. The number of phenols is 1. The zero-order valence-corrected chi connectivity index (χ0v) is 75.5. The monoisotopic (exact) mass is 1720 g/mol. The number of hydrogen-bond donors (Lipinski definition) is 2. The van der Waals surface area contributed by atoms with Crippen LogP contribution in [0.5, 0.6) is 17.2 Å². The molecular weight excluding hydrogens is 1590 g/mol. The molecule has 4 aromatic heterocycles. The number of rotatable bonds is 24. The summed E-state index contributed by atoms with van der Waals surface area (Å²) in [5, 5.41) is 36.5. The summed E-state index contributed by atoms with van der Waals surface area (Å²) >= 11 is 0. The predicted octanol–water partition coefficient (Wildman–Crippen LogP) is 17.7. The van der Waals surface area contributed by atoms with Crippen molar-refractivity contribution in [1.82, 2.24) is 58.7 Å². The van der Waals surface area contributed by atoms with Crippen molar-refractivity contribution < 1.29 is 81.4 Å². The largest absolute Gasteiger partial charge is 0.508 e. The summed E-state index contributed by atoms with van der Waals surface area (Å²) in [5.41, 5.74) is 10.9. The Balaban J connectivity index is 0.000000153. The van der Waals surface area contributed by atoms with Crippen LogP contribution in [0.3, 0.4) is 0 Å². The minimum atomic E-state index is -0.740. The number of aromatic nitrogens is 8. The molecule has 8 aromatic rings. The van der Waals surface area contributed by atoms with E-state index in [0.29, 0.717) is 24.6 Å². The topological polar surface area (TPSA) is 310 Å². The van der Waals surface area contributed by atoms with Gasteiger partial charge >= 0.3 is 43.4 Å². The van der Waals surface area contributed by atoms with Crippen LogP contribution in [-0.4, -0.2) is 194 Å². The number of amides is 4. The van der Waals surface area contributed by atoms with E-state index in [1.54, 1.807) is 82.7 Å². The van der Waals surface area contributed by atoms with Gasteiger partial charge in [-0.2, -0.15) is 20.4 Å². The van der Waals surface area contributed by atoms with Crippen LogP contribution >= 0.6 is 0 Å². The maximum atomic E-state index is 12.6. The smallest absolute Gasteiger partial charge is 0.494 e. The lowest BCUT2D eigenvalue weighted by atomic mass is 9.79. The van der Waals surface area contributed by atoms with E-state index in [-0.39, 0.29) is 122 Å². The van der Waals surface area contributed by atoms with Crippen LogP contribution in [0, 0.1) is 39.5 Å². The number of hydrogen-bond acceptors (Lipinski definition) is 20. The number of esters is 1. The van der Waals surface area contributed by atoms with Crippen LogP contribution in [0.1, 0.15) is 241 Å². The first-order valence-electron chi connectivity index (χ1n) is 44.8. The Bertz CT molecular complexity index is 4850. The van der Waals surface area contributed by atoms with Crippen LogP contribution in [0.2, 0.25) is 0 Å². The highest BCUT2D eigenvalue weighted by Gasteiger charge is 2.52. The molecule has 6 aliphatic carbocycles. The molecule has 29 nitrogen and oxygen atoms in total. The summed E-state index contributed by atoms with van der Waals surface area (Å²) in [6.45, 7) is 20.4. The first kappa shape index (κ1) is 93.3. The fourth-order valence-electron chi connectivity index (χ4n) is 17.4. The van der Waals surface area contributed by atoms with Crippen LogP contribution in [0.25, 0.3) is 22.7 Å². The number of benzene rings is 4. The summed E-state index contributed by atoms with van der Waals surface area (Å²) in [6.07, 6.45) is 29.9. The molecule has 0 unspecified atom stereocenters. The molecule has 5 heterocycles. The summed E-state index contributed by atoms with van der Waals surface area (Å²) in [4.78, 5) is 80.4. The van der Waals surface area contributed by atoms with Gasteiger partial charge in [0.1, 0.15) is 43.7 Å². The Hall–Kier alpha value is -10.9. The third kappa shape index (κ3) is 24.2. The van der Waals surface area contributed by atoms with Gasteiger partial charge in [-0.1, -0.05) is 63.5 Å². The number of aryl methyl sites for hydroxylation is 4. The fraction of sp³-hybridized carbons (Fsp3) is 0.558. The van der Waals surface area contributed by atoms with E-state index >= 15 is 0 Å². The molecule has 4 amide bonds. The molecule has 674 valence electrons. The molecular formula is C95H129BN12O17. The third-order valence-corrected chi connectivity index (χ3v) is 26.1. The quantitative estimate of drug-likeness (QED) is 0.0322. The highest BCUT2D eigenvalue weighted by Crippen LogP contribution is 2.38. The molecule has 7 fully saturated rings. The van der Waals surface area contributed by atoms with Crippen LogP contribution in [-0.2, 0) is 69.0 Å². The van der Waals surface area contributed by atoms with Gasteiger partial charge in [0.05, 0.1) is 112 Å². The molecule has 1 saturated heterocycles. The molecule has 4 atom stereocenters. The number of nitrogens with zero attached hydrogens (tertiary/aromatic N) is 12. The minimum Gasteiger partial charge on any atom is -0.508 e. The Morgan fingerprint density at radius 2 is 0.696 bits per heavy atom. The van der Waals surface area contributed by atoms with Gasteiger partial charge in [-0.05, 0) is 285 Å². The predicted molar refractivity (Wildman–Crippen MR) is 473 cm³/mol. The van der Waals surface area contributed by atoms with Crippen LogP contribution < -0.4 is 14.9 Å². The zero-order chi connectivity index (χ0) is 89.2. The summed E-state index contributed by atoms with van der Waals surface area (Å²) in [7, 11) is 6.87. The van der Waals surface area contributed by atoms with Gasteiger partial charge in [0, 0.05) is 52.4 Å². The molecule has 1 aliphatic heterocycles. The van der Waals surface area contributed by atoms with E-state index in [1.165, 1.54) is 38.5 Å². The lowest BCUT2D eigenvalue weighted by Gasteiger charge is -2.32. The van der Waals surface area contributed by atoms with Crippen LogP contribution in [0.4, 0.5) is 19.2 Å². The van der Waals surface area contributed by atoms with Crippen molar-refractivity contribution in [3.8, 4) is 40.0 Å². The van der Waals surface area contributed by atoms with Gasteiger partial charge in [-0.15, -0.1) is 0 Å². The van der Waals surface area contributed by atoms with E-state index in [1.807, 2.05) is 175 Å². The number of aliphatic carboxylic acids is 1. The molecule has 15 rings (SSSR count). The lowest BCUT2D eigenvalue weighted by molar-refractivity contribution is -0.154. The maximum Gasteiger partial charge on any atom is 0.494 e. The second-order valence-electron chi connectivity index (χ2n) is 35.9. The summed E-state index contributed by atoms with van der Waals surface area (Å²) in [5.74, 6) is 0.388. The van der Waals surface area contributed by atoms with E-state index in [4.69, 9.17) is 42.5 Å². The van der Waals surface area contributed by atoms with Crippen LogP contribution in [0.15, 0.2) is 122 Å². The normalized spacial score (nSPS) is 19.4. The van der Waals surface area contributed by atoms with Gasteiger partial charge < -0.3 is 72.3 Å². The maximum absolute atomic E-state index is 12.6. The van der Waals surface area contributed by atoms with Crippen molar-refractivity contribution >= 4 is 48.9 Å². The zero-order valence-electron chi connectivity index (χ0n) is 75.5. The Morgan fingerprint density at radius 3 is 0.992 bits per heavy atom. The minimum absolute atomic E-state index is 0.00640. The molecule has 125 heavy (non-hydrogen) atoms. The van der Waals surface area contributed by atoms with Gasteiger partial charge in [0.2, 0.25) is 0 Å². The Morgan fingerprint density at radius 1 is 0.416 bits per heavy atom. The molecule has 0 radical (unpaired) electrons. The number of carboxylic acids is 1. The van der Waals surface area contributed by atoms with Gasteiger partial charge in [0.25, 0.3) is 0 Å². The first-order valence-corrected chi connectivity index (χ1v) is 44.8. The van der Waals surface area contributed by atoms with E-state index < -0.39 is 13.1 Å². The van der Waals surface area contributed by atoms with E-state index in [9.17, 15) is 39.0 Å². The average molecular weight is 1720 g/mol. The molecule has 4 aromatic carbocycles. The molecule has 2 N–H and O–H groups in total. The van der Waals surface area contributed by atoms with Crippen molar-refractivity contribution in [3.05, 3.63) is 167 Å². The van der Waals surface area contributed by atoms with E-state index in [0.717, 1.165) is 182 Å². The highest BCUT2D eigenvalue weighted by molar-refractivity contribution is 6.62. The average Bonchev–Trinajstić information content (AvgIpc) is 1.62. The Kier molecular flexibility index (Phi) is 32.0. The second kappa shape index (κ2) is 42.9. The number of carbonyl (C=O) groups is 6. The number of carboxylic acid groups (broad SMARTS) is 1. The fourth-order valence-corrected chi connectivity index (χ4v) is 17.4. The van der Waals surface area contributed by atoms with Crippen molar-refractivity contribution in [3.63, 3.8) is 0 Å². The van der Waals surface area contributed by atoms with Gasteiger partial charge in [-0.25, -0.2) is 37.9 Å². The summed E-state index contributed by atoms with van der Waals surface area (Å²) < 4.78 is 59.5. The molecule has 0 spiro atoms.